The van der Waals surface area contributed by atoms with Gasteiger partial charge in [0.05, 0.1) is 30.3 Å². The van der Waals surface area contributed by atoms with Crippen LogP contribution in [0, 0.1) is 0 Å². The fourth-order valence-electron chi connectivity index (χ4n) is 5.00. The van der Waals surface area contributed by atoms with E-state index in [4.69, 9.17) is 34.7 Å². The van der Waals surface area contributed by atoms with Crippen LogP contribution < -0.4 is 5.32 Å². The van der Waals surface area contributed by atoms with Gasteiger partial charge >= 0.3 is 18.0 Å². The van der Waals surface area contributed by atoms with Crippen LogP contribution in [-0.2, 0) is 39.9 Å². The van der Waals surface area contributed by atoms with Crippen LogP contribution in [0.25, 0.3) is 31.3 Å². The Morgan fingerprint density at radius 1 is 0.907 bits per heavy atom. The molecule has 0 aromatic heterocycles. The third kappa shape index (κ3) is 9.39. The van der Waals surface area contributed by atoms with Gasteiger partial charge in [-0.2, -0.15) is 0 Å². The number of hydrogen-bond donors (Lipinski definition) is 1. The first kappa shape index (κ1) is 32.8. The Morgan fingerprint density at radius 2 is 1.49 bits per heavy atom. The maximum Gasteiger partial charge on any atom is 0.407 e. The van der Waals surface area contributed by atoms with E-state index in [0.717, 1.165) is 19.4 Å². The first-order valence-corrected chi connectivity index (χ1v) is 13.4. The van der Waals surface area contributed by atoms with Gasteiger partial charge in [0.1, 0.15) is 18.8 Å². The molecule has 1 heterocycles. The molecule has 2 fully saturated rings. The molecule has 0 bridgehead atoms. The van der Waals surface area contributed by atoms with Crippen molar-refractivity contribution in [3.05, 3.63) is 67.2 Å². The van der Waals surface area contributed by atoms with Gasteiger partial charge < -0.3 is 29.0 Å². The van der Waals surface area contributed by atoms with Gasteiger partial charge in [-0.15, -0.1) is 0 Å². The maximum absolute atomic E-state index is 12.4. The summed E-state index contributed by atoms with van der Waals surface area (Å²) in [4.78, 5) is 45.0. The van der Waals surface area contributed by atoms with E-state index in [1.54, 1.807) is 6.92 Å². The minimum Gasteiger partial charge on any atom is -0.458 e. The van der Waals surface area contributed by atoms with Crippen LogP contribution in [-0.4, -0.2) is 72.9 Å². The summed E-state index contributed by atoms with van der Waals surface area (Å²) in [6, 6.07) is 5.56. The monoisotopic (exact) mass is 600 g/mol. The predicted octanol–water partition coefficient (Wildman–Crippen LogP) is 4.50. The highest BCUT2D eigenvalue weighted by Gasteiger charge is 2.51. The molecule has 1 aromatic carbocycles. The molecular formula is C25H32N10O8. The quantitative estimate of drug-likeness (QED) is 0.124. The second-order valence-corrected chi connectivity index (χ2v) is 9.92. The molecule has 1 saturated heterocycles. The predicted molar refractivity (Wildman–Crippen MR) is 147 cm³/mol. The van der Waals surface area contributed by atoms with Gasteiger partial charge in [-0.1, -0.05) is 45.7 Å². The number of amides is 1. The standard InChI is InChI=1S/C25H32N10O8/c1-13(29-25(38)39-12-16-7-5-4-6-8-16)20-10-9-17(30-33-26)24(42-20)43-22-19(32-35-28)11-18(31-34-27)21(40-14(2)36)23(22)41-15(3)37/h4-8,13,17-24H,9-12H2,1-3H3,(H,29,38)/t13-,17-,18-,19+,20+,21+,22-,23-,24-/m1/s1. The number of azide groups is 3. The summed E-state index contributed by atoms with van der Waals surface area (Å²) in [6.45, 7) is 4.00. The summed E-state index contributed by atoms with van der Waals surface area (Å²) in [6.07, 6.45) is -5.97. The molecule has 230 valence electrons. The topological polar surface area (TPSA) is 256 Å². The van der Waals surface area contributed by atoms with E-state index < -0.39 is 72.9 Å². The summed E-state index contributed by atoms with van der Waals surface area (Å²) >= 11 is 0. The molecule has 2 aliphatic rings. The van der Waals surface area contributed by atoms with Crippen LogP contribution in [0.15, 0.2) is 45.7 Å². The Kier molecular flexibility index (Phi) is 12.2. The minimum atomic E-state index is -1.39. The number of hydrogen-bond acceptors (Lipinski definition) is 11. The lowest BCUT2D eigenvalue weighted by molar-refractivity contribution is -0.260. The van der Waals surface area contributed by atoms with Crippen LogP contribution >= 0.6 is 0 Å². The van der Waals surface area contributed by atoms with Crippen LogP contribution in [0.1, 0.15) is 45.6 Å². The largest absolute Gasteiger partial charge is 0.458 e. The van der Waals surface area contributed by atoms with Crippen molar-refractivity contribution in [2.75, 3.05) is 0 Å². The van der Waals surface area contributed by atoms with E-state index in [0.29, 0.717) is 6.42 Å². The molecule has 1 aliphatic carbocycles. The zero-order chi connectivity index (χ0) is 31.4. The zero-order valence-corrected chi connectivity index (χ0v) is 23.7. The minimum absolute atomic E-state index is 0.0654. The van der Waals surface area contributed by atoms with Crippen molar-refractivity contribution < 1.29 is 38.1 Å². The van der Waals surface area contributed by atoms with Gasteiger partial charge in [-0.3, -0.25) is 9.59 Å². The smallest absolute Gasteiger partial charge is 0.407 e. The number of rotatable bonds is 11. The van der Waals surface area contributed by atoms with Crippen molar-refractivity contribution in [3.63, 3.8) is 0 Å². The lowest BCUT2D eigenvalue weighted by Crippen LogP contribution is -2.60. The van der Waals surface area contributed by atoms with Gasteiger partial charge in [0.25, 0.3) is 0 Å². The number of alkyl carbamates (subject to hydrolysis) is 1. The van der Waals surface area contributed by atoms with Gasteiger partial charge in [0.15, 0.2) is 12.4 Å². The first-order valence-electron chi connectivity index (χ1n) is 13.4. The van der Waals surface area contributed by atoms with Crippen molar-refractivity contribution >= 4 is 18.0 Å². The van der Waals surface area contributed by atoms with Gasteiger partial charge in [0.2, 0.25) is 0 Å². The number of carbonyl (C=O) groups is 3. The fraction of sp³-hybridized carbons (Fsp3) is 0.640. The average molecular weight is 601 g/mol. The molecule has 1 amide bonds. The van der Waals surface area contributed by atoms with Gasteiger partial charge in [0, 0.05) is 28.6 Å². The molecule has 1 saturated carbocycles. The lowest BCUT2D eigenvalue weighted by atomic mass is 9.84. The van der Waals surface area contributed by atoms with E-state index in [9.17, 15) is 19.9 Å². The number of carbonyl (C=O) groups excluding carboxylic acids is 3. The average Bonchev–Trinajstić information content (AvgIpc) is 2.96. The Balaban J connectivity index is 1.82. The lowest BCUT2D eigenvalue weighted by Gasteiger charge is -2.45. The normalized spacial score (nSPS) is 28.8. The number of nitrogens with zero attached hydrogens (tertiary/aromatic N) is 9. The zero-order valence-electron chi connectivity index (χ0n) is 23.7. The molecule has 18 heteroatoms. The van der Waals surface area contributed by atoms with Gasteiger partial charge in [-0.05, 0) is 48.3 Å². The van der Waals surface area contributed by atoms with E-state index in [1.165, 1.54) is 0 Å². The number of benzene rings is 1. The van der Waals surface area contributed by atoms with Crippen molar-refractivity contribution in [3.8, 4) is 0 Å². The van der Waals surface area contributed by atoms with Crippen LogP contribution in [0.5, 0.6) is 0 Å². The molecular weight excluding hydrogens is 568 g/mol. The highest BCUT2D eigenvalue weighted by molar-refractivity contribution is 5.68. The second-order valence-electron chi connectivity index (χ2n) is 9.92. The van der Waals surface area contributed by atoms with E-state index in [-0.39, 0.29) is 19.4 Å². The molecule has 0 spiro atoms. The Labute approximate surface area is 245 Å². The molecule has 1 aliphatic heterocycles. The molecule has 0 radical (unpaired) electrons. The molecule has 3 rings (SSSR count). The highest BCUT2D eigenvalue weighted by Crippen LogP contribution is 2.35. The number of esters is 2. The van der Waals surface area contributed by atoms with Crippen molar-refractivity contribution in [1.82, 2.24) is 5.32 Å². The number of nitrogens with one attached hydrogen (secondary N) is 1. The van der Waals surface area contributed by atoms with Crippen molar-refractivity contribution in [1.29, 1.82) is 0 Å². The van der Waals surface area contributed by atoms with E-state index in [1.807, 2.05) is 30.3 Å². The molecule has 18 nitrogen and oxygen atoms in total. The molecule has 1 N–H and O–H groups in total. The Bertz CT molecular complexity index is 1280. The maximum atomic E-state index is 12.4. The molecule has 0 unspecified atom stereocenters. The van der Waals surface area contributed by atoms with E-state index >= 15 is 0 Å². The third-order valence-electron chi connectivity index (χ3n) is 6.87. The van der Waals surface area contributed by atoms with Crippen LogP contribution in [0.3, 0.4) is 0 Å². The van der Waals surface area contributed by atoms with Crippen molar-refractivity contribution in [2.24, 2.45) is 15.3 Å². The summed E-state index contributed by atoms with van der Waals surface area (Å²) in [7, 11) is 0. The van der Waals surface area contributed by atoms with Crippen molar-refractivity contribution in [2.45, 2.75) is 102 Å². The molecule has 1 aromatic rings. The summed E-state index contributed by atoms with van der Waals surface area (Å²) in [5.41, 5.74) is 28.3. The van der Waals surface area contributed by atoms with Crippen LogP contribution in [0.4, 0.5) is 4.79 Å². The molecule has 43 heavy (non-hydrogen) atoms. The number of ether oxygens (including phenoxy) is 5. The summed E-state index contributed by atoms with van der Waals surface area (Å²) in [5.74, 6) is -1.53. The second kappa shape index (κ2) is 16.1. The summed E-state index contributed by atoms with van der Waals surface area (Å²) in [5, 5.41) is 13.9. The van der Waals surface area contributed by atoms with Crippen LogP contribution in [0.2, 0.25) is 0 Å². The Hall–Kier alpha value is -4.72. The Morgan fingerprint density at radius 3 is 2.09 bits per heavy atom. The van der Waals surface area contributed by atoms with Gasteiger partial charge in [-0.25, -0.2) is 4.79 Å². The molecule has 9 atom stereocenters. The first-order chi connectivity index (χ1) is 20.7. The fourth-order valence-corrected chi connectivity index (χ4v) is 5.00. The SMILES string of the molecule is CC(=O)O[C@@H]1[C@@H](OC(C)=O)[C@H](N=[N+]=[N-])C[C@H](N=[N+]=[N-])[C@H]1O[C@H]1O[C@H]([C@@H](C)NC(=O)OCc2ccccc2)CC[C@H]1N=[N+]=[N-]. The highest BCUT2D eigenvalue weighted by atomic mass is 16.7. The van der Waals surface area contributed by atoms with E-state index in [2.05, 4.69) is 35.4 Å². The third-order valence-corrected chi connectivity index (χ3v) is 6.87. The summed E-state index contributed by atoms with van der Waals surface area (Å²) < 4.78 is 28.4.